The molecule has 0 aromatic heterocycles. The number of likely N-dealkylation sites (N-methyl/N-ethyl adjacent to an activating group) is 1. The van der Waals surface area contributed by atoms with Gasteiger partial charge in [0.05, 0.1) is 6.42 Å². The van der Waals surface area contributed by atoms with E-state index in [1.54, 1.807) is 16.8 Å². The first-order valence-electron chi connectivity index (χ1n) is 6.50. The Bertz CT molecular complexity index is 394. The van der Waals surface area contributed by atoms with Crippen molar-refractivity contribution in [3.05, 3.63) is 0 Å². The van der Waals surface area contributed by atoms with E-state index in [0.717, 1.165) is 12.8 Å². The minimum absolute atomic E-state index is 0.0517. The van der Waals surface area contributed by atoms with E-state index in [9.17, 15) is 14.4 Å². The molecule has 7 heteroatoms. The quantitative estimate of drug-likeness (QED) is 0.767. The van der Waals surface area contributed by atoms with Gasteiger partial charge in [-0.25, -0.2) is 4.79 Å². The van der Waals surface area contributed by atoms with Crippen LogP contribution in [-0.4, -0.2) is 77.0 Å². The first-order valence-corrected chi connectivity index (χ1v) is 6.50. The van der Waals surface area contributed by atoms with Crippen molar-refractivity contribution in [3.63, 3.8) is 0 Å². The number of carbonyl (C=O) groups is 3. The molecule has 1 saturated heterocycles. The maximum Gasteiger partial charge on any atom is 0.320 e. The van der Waals surface area contributed by atoms with E-state index in [2.05, 4.69) is 0 Å². The lowest BCUT2D eigenvalue weighted by Gasteiger charge is -2.35. The number of amides is 3. The van der Waals surface area contributed by atoms with Crippen molar-refractivity contribution in [2.45, 2.75) is 25.3 Å². The molecule has 0 spiro atoms. The highest BCUT2D eigenvalue weighted by atomic mass is 16.4. The Morgan fingerprint density at radius 2 is 2.05 bits per heavy atom. The van der Waals surface area contributed by atoms with E-state index in [0.29, 0.717) is 13.1 Å². The molecular weight excluding hydrogens is 250 g/mol. The van der Waals surface area contributed by atoms with Gasteiger partial charge in [0, 0.05) is 32.7 Å². The molecule has 1 saturated carbocycles. The van der Waals surface area contributed by atoms with Crippen LogP contribution in [0.5, 0.6) is 0 Å². The Morgan fingerprint density at radius 3 is 2.58 bits per heavy atom. The lowest BCUT2D eigenvalue weighted by molar-refractivity contribution is -0.137. The zero-order valence-electron chi connectivity index (χ0n) is 11.0. The predicted octanol–water partition coefficient (Wildman–Crippen LogP) is -0.180. The summed E-state index contributed by atoms with van der Waals surface area (Å²) in [7, 11) is 1.72. The monoisotopic (exact) mass is 269 g/mol. The molecule has 0 bridgehead atoms. The van der Waals surface area contributed by atoms with Gasteiger partial charge in [-0.05, 0) is 12.8 Å². The topological polar surface area (TPSA) is 81.2 Å². The minimum Gasteiger partial charge on any atom is -0.481 e. The highest BCUT2D eigenvalue weighted by molar-refractivity contribution is 5.85. The highest BCUT2D eigenvalue weighted by Crippen LogP contribution is 2.28. The van der Waals surface area contributed by atoms with Crippen LogP contribution in [0.4, 0.5) is 4.79 Å². The zero-order valence-corrected chi connectivity index (χ0v) is 11.0. The number of nitrogens with zero attached hydrogens (tertiary/aromatic N) is 3. The Hall–Kier alpha value is -1.79. The van der Waals surface area contributed by atoms with Crippen molar-refractivity contribution >= 4 is 17.9 Å². The first kappa shape index (κ1) is 13.6. The summed E-state index contributed by atoms with van der Waals surface area (Å²) in [5.74, 6) is -0.985. The van der Waals surface area contributed by atoms with Gasteiger partial charge in [-0.2, -0.15) is 0 Å². The van der Waals surface area contributed by atoms with Crippen LogP contribution in [0, 0.1) is 0 Å². The second-order valence-corrected chi connectivity index (χ2v) is 5.09. The van der Waals surface area contributed by atoms with Crippen molar-refractivity contribution in [1.82, 2.24) is 14.7 Å². The summed E-state index contributed by atoms with van der Waals surface area (Å²) in [6.07, 6.45) is 1.80. The van der Waals surface area contributed by atoms with Gasteiger partial charge in [-0.1, -0.05) is 0 Å². The van der Waals surface area contributed by atoms with Crippen LogP contribution in [0.3, 0.4) is 0 Å². The summed E-state index contributed by atoms with van der Waals surface area (Å²) in [4.78, 5) is 39.3. The van der Waals surface area contributed by atoms with Gasteiger partial charge in [0.1, 0.15) is 6.54 Å². The summed E-state index contributed by atoms with van der Waals surface area (Å²) in [5.41, 5.74) is 0. The molecule has 1 aliphatic carbocycles. The minimum atomic E-state index is -0.909. The van der Waals surface area contributed by atoms with Crippen molar-refractivity contribution in [2.24, 2.45) is 0 Å². The third-order valence-corrected chi connectivity index (χ3v) is 3.53. The average Bonchev–Trinajstić information content (AvgIpc) is 3.16. The maximum atomic E-state index is 12.3. The summed E-state index contributed by atoms with van der Waals surface area (Å²) < 4.78 is 0. The van der Waals surface area contributed by atoms with Crippen LogP contribution in [0.15, 0.2) is 0 Å². The van der Waals surface area contributed by atoms with Crippen LogP contribution in [0.2, 0.25) is 0 Å². The van der Waals surface area contributed by atoms with Crippen molar-refractivity contribution in [1.29, 1.82) is 0 Å². The summed E-state index contributed by atoms with van der Waals surface area (Å²) >= 11 is 0. The van der Waals surface area contributed by atoms with E-state index >= 15 is 0 Å². The Morgan fingerprint density at radius 1 is 1.37 bits per heavy atom. The SMILES string of the molecule is CN1CCN(C(=O)N(CCC(=O)O)C2CC2)CC1=O. The molecule has 0 unspecified atom stereocenters. The van der Waals surface area contributed by atoms with Crippen LogP contribution in [0.1, 0.15) is 19.3 Å². The lowest BCUT2D eigenvalue weighted by Crippen LogP contribution is -2.55. The fourth-order valence-electron chi connectivity index (χ4n) is 2.14. The van der Waals surface area contributed by atoms with Gasteiger partial charge in [-0.15, -0.1) is 0 Å². The molecule has 1 aliphatic heterocycles. The van der Waals surface area contributed by atoms with Crippen LogP contribution in [0.25, 0.3) is 0 Å². The molecule has 1 N–H and O–H groups in total. The molecule has 106 valence electrons. The second kappa shape index (κ2) is 5.46. The van der Waals surface area contributed by atoms with Crippen LogP contribution >= 0.6 is 0 Å². The molecule has 3 amide bonds. The van der Waals surface area contributed by atoms with E-state index in [-0.39, 0.29) is 37.5 Å². The normalized spacial score (nSPS) is 19.5. The van der Waals surface area contributed by atoms with Crippen LogP contribution < -0.4 is 0 Å². The number of hydrogen-bond acceptors (Lipinski definition) is 3. The molecule has 2 fully saturated rings. The fourth-order valence-corrected chi connectivity index (χ4v) is 2.14. The second-order valence-electron chi connectivity index (χ2n) is 5.09. The molecule has 0 aromatic carbocycles. The van der Waals surface area contributed by atoms with Crippen LogP contribution in [-0.2, 0) is 9.59 Å². The van der Waals surface area contributed by atoms with Gasteiger partial charge in [0.15, 0.2) is 0 Å². The number of carboxylic acid groups (broad SMARTS) is 1. The summed E-state index contributed by atoms with van der Waals surface area (Å²) in [6.45, 7) is 1.35. The Balaban J connectivity index is 1.95. The number of rotatable bonds is 4. The Labute approximate surface area is 111 Å². The van der Waals surface area contributed by atoms with E-state index in [4.69, 9.17) is 5.11 Å². The summed E-state index contributed by atoms with van der Waals surface area (Å²) in [6, 6.07) is -0.0493. The van der Waals surface area contributed by atoms with Gasteiger partial charge < -0.3 is 19.8 Å². The predicted molar refractivity (Wildman–Crippen MR) is 66.6 cm³/mol. The third kappa shape index (κ3) is 3.36. The number of hydrogen-bond donors (Lipinski definition) is 1. The third-order valence-electron chi connectivity index (χ3n) is 3.53. The van der Waals surface area contributed by atoms with Crippen molar-refractivity contribution < 1.29 is 19.5 Å². The van der Waals surface area contributed by atoms with E-state index < -0.39 is 5.97 Å². The molecule has 1 heterocycles. The van der Waals surface area contributed by atoms with E-state index in [1.807, 2.05) is 0 Å². The zero-order chi connectivity index (χ0) is 14.0. The molecule has 2 rings (SSSR count). The first-order chi connectivity index (χ1) is 8.99. The average molecular weight is 269 g/mol. The number of urea groups is 1. The molecule has 7 nitrogen and oxygen atoms in total. The standard InChI is InChI=1S/C12H19N3O4/c1-13-6-7-14(8-10(13)16)12(19)15(9-2-3-9)5-4-11(17)18/h9H,2-8H2,1H3,(H,17,18). The van der Waals surface area contributed by atoms with Gasteiger partial charge in [0.25, 0.3) is 0 Å². The fraction of sp³-hybridized carbons (Fsp3) is 0.750. The number of carboxylic acids is 1. The lowest BCUT2D eigenvalue weighted by atomic mass is 10.3. The highest BCUT2D eigenvalue weighted by Gasteiger charge is 2.36. The van der Waals surface area contributed by atoms with Gasteiger partial charge >= 0.3 is 12.0 Å². The Kier molecular flexibility index (Phi) is 3.92. The molecular formula is C12H19N3O4. The van der Waals surface area contributed by atoms with E-state index in [1.165, 1.54) is 4.90 Å². The molecule has 0 atom stereocenters. The van der Waals surface area contributed by atoms with Crippen molar-refractivity contribution in [3.8, 4) is 0 Å². The number of carbonyl (C=O) groups excluding carboxylic acids is 2. The largest absolute Gasteiger partial charge is 0.481 e. The molecule has 19 heavy (non-hydrogen) atoms. The number of aliphatic carboxylic acids is 1. The molecule has 0 aromatic rings. The van der Waals surface area contributed by atoms with Gasteiger partial charge in [0.2, 0.25) is 5.91 Å². The summed E-state index contributed by atoms with van der Waals surface area (Å²) in [5, 5.41) is 8.72. The molecule has 2 aliphatic rings. The maximum absolute atomic E-state index is 12.3. The number of piperazine rings is 1. The molecule has 0 radical (unpaired) electrons. The van der Waals surface area contributed by atoms with Gasteiger partial charge in [-0.3, -0.25) is 9.59 Å². The van der Waals surface area contributed by atoms with Crippen molar-refractivity contribution in [2.75, 3.05) is 33.2 Å². The smallest absolute Gasteiger partial charge is 0.320 e.